The van der Waals surface area contributed by atoms with Gasteiger partial charge in [-0.25, -0.2) is 4.90 Å². The predicted octanol–water partition coefficient (Wildman–Crippen LogP) is 7.19. The van der Waals surface area contributed by atoms with Crippen LogP contribution in [-0.4, -0.2) is 26.6 Å². The highest BCUT2D eigenvalue weighted by atomic mass is 16.2. The van der Waals surface area contributed by atoms with E-state index in [2.05, 4.69) is 107 Å². The van der Waals surface area contributed by atoms with Crippen molar-refractivity contribution in [1.82, 2.24) is 14.8 Å². The average molecular weight is 501 g/mol. The van der Waals surface area contributed by atoms with Crippen molar-refractivity contribution < 1.29 is 9.59 Å². The third kappa shape index (κ3) is 6.43. The number of aromatic nitrogens is 3. The van der Waals surface area contributed by atoms with Crippen LogP contribution in [0.4, 0.5) is 5.69 Å². The van der Waals surface area contributed by atoms with E-state index >= 15 is 0 Å². The normalized spacial score (nSPS) is 13.4. The second-order valence-electron chi connectivity index (χ2n) is 10.9. The molecule has 37 heavy (non-hydrogen) atoms. The van der Waals surface area contributed by atoms with E-state index in [1.807, 2.05) is 12.1 Å². The van der Waals surface area contributed by atoms with Crippen LogP contribution >= 0.6 is 0 Å². The van der Waals surface area contributed by atoms with Crippen LogP contribution < -0.4 is 4.90 Å². The Labute approximate surface area is 221 Å². The zero-order valence-electron chi connectivity index (χ0n) is 23.6. The molecular formula is C31H40N4O2. The molecule has 0 N–H and O–H groups in total. The third-order valence-corrected chi connectivity index (χ3v) is 6.40. The van der Waals surface area contributed by atoms with Crippen molar-refractivity contribution in [3.05, 3.63) is 83.0 Å². The summed E-state index contributed by atoms with van der Waals surface area (Å²) in [6.45, 7) is 19.1. The van der Waals surface area contributed by atoms with Gasteiger partial charge in [-0.05, 0) is 54.2 Å². The SMILES string of the molecule is CC(C)c1cc(C(C)C)cc(N2C(=O)C=CC2=O)c1.Cc1ccc(-n2c(C(C)C)nnc2C(C)C)cc1. The molecule has 0 saturated carbocycles. The van der Waals surface area contributed by atoms with Crippen molar-refractivity contribution in [2.24, 2.45) is 0 Å². The number of carbonyl (C=O) groups excluding carboxylic acids is 2. The third-order valence-electron chi connectivity index (χ3n) is 6.40. The Bertz CT molecular complexity index is 1210. The number of hydrogen-bond donors (Lipinski definition) is 0. The van der Waals surface area contributed by atoms with E-state index in [0.29, 0.717) is 29.4 Å². The van der Waals surface area contributed by atoms with Crippen molar-refractivity contribution in [3.63, 3.8) is 0 Å². The van der Waals surface area contributed by atoms with E-state index < -0.39 is 0 Å². The van der Waals surface area contributed by atoms with E-state index in [9.17, 15) is 9.59 Å². The first-order chi connectivity index (χ1) is 17.4. The van der Waals surface area contributed by atoms with Crippen LogP contribution in [0.2, 0.25) is 0 Å². The first-order valence-corrected chi connectivity index (χ1v) is 13.1. The fourth-order valence-corrected chi connectivity index (χ4v) is 4.12. The standard InChI is InChI=1S/C16H19NO2.C15H21N3/c1-10(2)12-7-13(11(3)4)9-14(8-12)17-15(18)5-6-16(17)19;1-10(2)14-16-17-15(11(3)4)18(14)13-8-6-12(5)7-9-13/h5-11H,1-4H3;6-11H,1-5H3. The molecule has 2 heterocycles. The van der Waals surface area contributed by atoms with E-state index in [1.165, 1.54) is 22.6 Å². The van der Waals surface area contributed by atoms with Crippen LogP contribution in [0.3, 0.4) is 0 Å². The lowest BCUT2D eigenvalue weighted by atomic mass is 9.94. The molecule has 2 aromatic carbocycles. The minimum absolute atomic E-state index is 0.263. The van der Waals surface area contributed by atoms with E-state index in [0.717, 1.165) is 28.5 Å². The monoisotopic (exact) mass is 500 g/mol. The van der Waals surface area contributed by atoms with Gasteiger partial charge in [0.25, 0.3) is 11.8 Å². The molecule has 0 saturated heterocycles. The van der Waals surface area contributed by atoms with Gasteiger partial charge in [0.15, 0.2) is 0 Å². The lowest BCUT2D eigenvalue weighted by Crippen LogP contribution is -2.29. The molecule has 6 heteroatoms. The second kappa shape index (κ2) is 11.7. The average Bonchev–Trinajstić information content (AvgIpc) is 3.43. The Hall–Kier alpha value is -3.54. The van der Waals surface area contributed by atoms with Crippen molar-refractivity contribution in [1.29, 1.82) is 0 Å². The lowest BCUT2D eigenvalue weighted by Gasteiger charge is -2.19. The molecule has 0 radical (unpaired) electrons. The highest BCUT2D eigenvalue weighted by Crippen LogP contribution is 2.29. The predicted molar refractivity (Wildman–Crippen MR) is 151 cm³/mol. The van der Waals surface area contributed by atoms with Gasteiger partial charge in [0.1, 0.15) is 11.6 Å². The quantitative estimate of drug-likeness (QED) is 0.336. The topological polar surface area (TPSA) is 68.1 Å². The van der Waals surface area contributed by atoms with Crippen molar-refractivity contribution in [2.45, 2.75) is 86.0 Å². The Balaban J connectivity index is 0.000000206. The number of aryl methyl sites for hydroxylation is 1. The fraction of sp³-hybridized carbons (Fsp3) is 0.419. The summed E-state index contributed by atoms with van der Waals surface area (Å²) in [6, 6.07) is 14.5. The number of amides is 2. The number of benzene rings is 2. The first kappa shape index (κ1) is 28.0. The molecule has 1 aromatic heterocycles. The molecule has 0 bridgehead atoms. The molecule has 4 rings (SSSR count). The maximum absolute atomic E-state index is 11.8. The Morgan fingerprint density at radius 1 is 0.595 bits per heavy atom. The van der Waals surface area contributed by atoms with Gasteiger partial charge in [-0.2, -0.15) is 0 Å². The van der Waals surface area contributed by atoms with Gasteiger partial charge in [-0.1, -0.05) is 79.2 Å². The summed E-state index contributed by atoms with van der Waals surface area (Å²) < 4.78 is 2.19. The molecule has 1 aliphatic rings. The summed E-state index contributed by atoms with van der Waals surface area (Å²) >= 11 is 0. The van der Waals surface area contributed by atoms with E-state index in [4.69, 9.17) is 0 Å². The molecule has 0 spiro atoms. The number of anilines is 1. The van der Waals surface area contributed by atoms with Crippen molar-refractivity contribution in [3.8, 4) is 5.69 Å². The molecule has 0 fully saturated rings. The van der Waals surface area contributed by atoms with Gasteiger partial charge in [-0.15, -0.1) is 10.2 Å². The summed E-state index contributed by atoms with van der Waals surface area (Å²) in [5, 5.41) is 8.70. The molecule has 0 atom stereocenters. The maximum atomic E-state index is 11.8. The summed E-state index contributed by atoms with van der Waals surface area (Å²) in [5.74, 6) is 2.99. The molecule has 1 aliphatic heterocycles. The molecular weight excluding hydrogens is 460 g/mol. The highest BCUT2D eigenvalue weighted by Gasteiger charge is 2.26. The van der Waals surface area contributed by atoms with E-state index in [1.54, 1.807) is 0 Å². The molecule has 2 amide bonds. The number of carbonyl (C=O) groups is 2. The van der Waals surface area contributed by atoms with Gasteiger partial charge >= 0.3 is 0 Å². The van der Waals surface area contributed by atoms with Gasteiger partial charge in [-0.3, -0.25) is 14.2 Å². The molecule has 3 aromatic rings. The number of hydrogen-bond acceptors (Lipinski definition) is 4. The maximum Gasteiger partial charge on any atom is 0.258 e. The van der Waals surface area contributed by atoms with Gasteiger partial charge in [0.2, 0.25) is 0 Å². The minimum atomic E-state index is -0.263. The largest absolute Gasteiger partial charge is 0.283 e. The summed E-state index contributed by atoms with van der Waals surface area (Å²) in [6.07, 6.45) is 2.64. The number of imide groups is 1. The molecule has 0 aliphatic carbocycles. The van der Waals surface area contributed by atoms with Crippen LogP contribution in [-0.2, 0) is 9.59 Å². The number of nitrogens with zero attached hydrogens (tertiary/aromatic N) is 4. The van der Waals surface area contributed by atoms with Gasteiger partial charge in [0.05, 0.1) is 5.69 Å². The smallest absolute Gasteiger partial charge is 0.258 e. The second-order valence-corrected chi connectivity index (χ2v) is 10.9. The van der Waals surface area contributed by atoms with Crippen LogP contribution in [0.5, 0.6) is 0 Å². The van der Waals surface area contributed by atoms with Crippen LogP contribution in [0.15, 0.2) is 54.6 Å². The first-order valence-electron chi connectivity index (χ1n) is 13.1. The van der Waals surface area contributed by atoms with Crippen molar-refractivity contribution >= 4 is 17.5 Å². The number of rotatable bonds is 6. The molecule has 6 nitrogen and oxygen atoms in total. The highest BCUT2D eigenvalue weighted by molar-refractivity contribution is 6.28. The van der Waals surface area contributed by atoms with Crippen molar-refractivity contribution in [2.75, 3.05) is 4.90 Å². The Morgan fingerprint density at radius 3 is 1.41 bits per heavy atom. The van der Waals surface area contributed by atoms with Gasteiger partial charge in [0, 0.05) is 29.7 Å². The molecule has 196 valence electrons. The lowest BCUT2D eigenvalue weighted by molar-refractivity contribution is -0.119. The van der Waals surface area contributed by atoms with Crippen LogP contribution in [0.1, 0.15) is 107 Å². The summed E-state index contributed by atoms with van der Waals surface area (Å²) in [7, 11) is 0. The minimum Gasteiger partial charge on any atom is -0.283 e. The van der Waals surface area contributed by atoms with E-state index in [-0.39, 0.29) is 11.8 Å². The van der Waals surface area contributed by atoms with Crippen LogP contribution in [0.25, 0.3) is 5.69 Å². The zero-order chi connectivity index (χ0) is 27.4. The fourth-order valence-electron chi connectivity index (χ4n) is 4.12. The zero-order valence-corrected chi connectivity index (χ0v) is 23.6. The summed E-state index contributed by atoms with van der Waals surface area (Å²) in [4.78, 5) is 24.8. The summed E-state index contributed by atoms with van der Waals surface area (Å²) in [5.41, 5.74) is 5.39. The Kier molecular flexibility index (Phi) is 8.85. The van der Waals surface area contributed by atoms with Gasteiger partial charge < -0.3 is 0 Å². The van der Waals surface area contributed by atoms with Crippen LogP contribution in [0, 0.1) is 6.92 Å². The molecule has 0 unspecified atom stereocenters. The Morgan fingerprint density at radius 2 is 1.03 bits per heavy atom.